The first kappa shape index (κ1) is 14.8. The Labute approximate surface area is 130 Å². The molecule has 3 N–H and O–H groups in total. The van der Waals surface area contributed by atoms with Gasteiger partial charge < -0.3 is 11.1 Å². The van der Waals surface area contributed by atoms with Crippen LogP contribution < -0.4 is 11.1 Å². The van der Waals surface area contributed by atoms with Crippen molar-refractivity contribution in [3.8, 4) is 0 Å². The molecule has 5 heteroatoms. The summed E-state index contributed by atoms with van der Waals surface area (Å²) in [5.41, 5.74) is 8.00. The Hall–Kier alpha value is -1.63. The molecule has 0 heterocycles. The molecule has 0 aromatic heterocycles. The number of amides is 1. The highest BCUT2D eigenvalue weighted by molar-refractivity contribution is 14.1. The fourth-order valence-corrected chi connectivity index (χ4v) is 2.36. The molecular weight excluding hydrogens is 370 g/mol. The molecule has 2 rings (SSSR count). The lowest BCUT2D eigenvalue weighted by molar-refractivity contribution is -0.116. The van der Waals surface area contributed by atoms with Gasteiger partial charge in [-0.05, 0) is 64.9 Å². The molecule has 104 valence electrons. The van der Waals surface area contributed by atoms with Crippen LogP contribution in [0.3, 0.4) is 0 Å². The second kappa shape index (κ2) is 6.69. The molecule has 0 saturated heterocycles. The van der Waals surface area contributed by atoms with Crippen LogP contribution in [0.5, 0.6) is 0 Å². The van der Waals surface area contributed by atoms with Crippen molar-refractivity contribution in [3.05, 3.63) is 57.4 Å². The van der Waals surface area contributed by atoms with Gasteiger partial charge in [-0.15, -0.1) is 0 Å². The van der Waals surface area contributed by atoms with Crippen molar-refractivity contribution in [2.24, 2.45) is 0 Å². The van der Waals surface area contributed by atoms with E-state index in [1.165, 1.54) is 12.1 Å². The number of nitrogen functional groups attached to an aromatic ring is 1. The number of anilines is 2. The van der Waals surface area contributed by atoms with Crippen molar-refractivity contribution in [1.29, 1.82) is 0 Å². The number of rotatable bonds is 4. The van der Waals surface area contributed by atoms with E-state index >= 15 is 0 Å². The fraction of sp³-hybridized carbons (Fsp3) is 0.133. The Kier molecular flexibility index (Phi) is 4.94. The molecule has 1 amide bonds. The van der Waals surface area contributed by atoms with E-state index in [2.05, 4.69) is 5.32 Å². The molecule has 3 nitrogen and oxygen atoms in total. The van der Waals surface area contributed by atoms with Crippen molar-refractivity contribution >= 4 is 39.9 Å². The molecule has 0 bridgehead atoms. The van der Waals surface area contributed by atoms with Gasteiger partial charge in [-0.2, -0.15) is 0 Å². The maximum absolute atomic E-state index is 13.0. The molecule has 0 fully saturated rings. The first-order valence-electron chi connectivity index (χ1n) is 6.14. The zero-order valence-corrected chi connectivity index (χ0v) is 12.9. The summed E-state index contributed by atoms with van der Waals surface area (Å²) in [4.78, 5) is 11.9. The van der Waals surface area contributed by atoms with Crippen molar-refractivity contribution in [2.75, 3.05) is 11.1 Å². The van der Waals surface area contributed by atoms with E-state index in [-0.39, 0.29) is 11.7 Å². The summed E-state index contributed by atoms with van der Waals surface area (Å²) in [7, 11) is 0. The third-order valence-electron chi connectivity index (χ3n) is 2.83. The van der Waals surface area contributed by atoms with Crippen LogP contribution >= 0.6 is 22.6 Å². The second-order valence-corrected chi connectivity index (χ2v) is 5.58. The predicted molar refractivity (Wildman–Crippen MR) is 86.9 cm³/mol. The highest BCUT2D eigenvalue weighted by Gasteiger charge is 2.06. The zero-order chi connectivity index (χ0) is 14.5. The summed E-state index contributed by atoms with van der Waals surface area (Å²) in [5, 5.41) is 2.78. The lowest BCUT2D eigenvalue weighted by Crippen LogP contribution is -2.13. The van der Waals surface area contributed by atoms with E-state index < -0.39 is 0 Å². The normalized spacial score (nSPS) is 10.3. The van der Waals surface area contributed by atoms with Gasteiger partial charge in [-0.25, -0.2) is 4.39 Å². The Morgan fingerprint density at radius 3 is 2.55 bits per heavy atom. The van der Waals surface area contributed by atoms with Gasteiger partial charge in [0.1, 0.15) is 5.82 Å². The lowest BCUT2D eigenvalue weighted by Gasteiger charge is -2.07. The van der Waals surface area contributed by atoms with Gasteiger partial charge in [0.05, 0.1) is 5.69 Å². The number of hydrogen-bond acceptors (Lipinski definition) is 2. The molecule has 0 unspecified atom stereocenters. The fourth-order valence-electron chi connectivity index (χ4n) is 1.75. The van der Waals surface area contributed by atoms with Crippen LogP contribution in [-0.4, -0.2) is 5.91 Å². The SMILES string of the molecule is Nc1ccc(CCC(=O)Nc2ccc(F)cc2I)cc1. The van der Waals surface area contributed by atoms with Crippen LogP contribution in [0.25, 0.3) is 0 Å². The van der Waals surface area contributed by atoms with Gasteiger partial charge in [0.15, 0.2) is 0 Å². The number of carbonyl (C=O) groups is 1. The molecule has 2 aromatic carbocycles. The van der Waals surface area contributed by atoms with Crippen LogP contribution in [0, 0.1) is 9.39 Å². The van der Waals surface area contributed by atoms with Crippen molar-refractivity contribution in [2.45, 2.75) is 12.8 Å². The molecule has 0 spiro atoms. The number of hydrogen-bond donors (Lipinski definition) is 2. The average Bonchev–Trinajstić information content (AvgIpc) is 2.41. The lowest BCUT2D eigenvalue weighted by atomic mass is 10.1. The van der Waals surface area contributed by atoms with E-state index in [0.717, 1.165) is 5.56 Å². The first-order chi connectivity index (χ1) is 9.54. The standard InChI is InChI=1S/C15H14FIN2O/c16-11-4-7-14(13(17)9-11)19-15(20)8-3-10-1-5-12(18)6-2-10/h1-2,4-7,9H,3,8,18H2,(H,19,20). The molecule has 20 heavy (non-hydrogen) atoms. The quantitative estimate of drug-likeness (QED) is 0.626. The summed E-state index contributed by atoms with van der Waals surface area (Å²) in [6, 6.07) is 11.7. The first-order valence-corrected chi connectivity index (χ1v) is 7.22. The molecule has 0 saturated carbocycles. The third-order valence-corrected chi connectivity index (χ3v) is 3.72. The van der Waals surface area contributed by atoms with Gasteiger partial charge in [-0.1, -0.05) is 12.1 Å². The van der Waals surface area contributed by atoms with Gasteiger partial charge in [0, 0.05) is 15.7 Å². The van der Waals surface area contributed by atoms with Gasteiger partial charge in [0.25, 0.3) is 0 Å². The average molecular weight is 384 g/mol. The summed E-state index contributed by atoms with van der Waals surface area (Å²) in [6.45, 7) is 0. The van der Waals surface area contributed by atoms with Crippen molar-refractivity contribution < 1.29 is 9.18 Å². The van der Waals surface area contributed by atoms with E-state index in [0.29, 0.717) is 27.8 Å². The monoisotopic (exact) mass is 384 g/mol. The van der Waals surface area contributed by atoms with E-state index in [9.17, 15) is 9.18 Å². The van der Waals surface area contributed by atoms with Crippen molar-refractivity contribution in [3.63, 3.8) is 0 Å². The summed E-state index contributed by atoms with van der Waals surface area (Å²) in [6.07, 6.45) is 1.02. The smallest absolute Gasteiger partial charge is 0.224 e. The van der Waals surface area contributed by atoms with Crippen LogP contribution in [0.4, 0.5) is 15.8 Å². The summed E-state index contributed by atoms with van der Waals surface area (Å²) < 4.78 is 13.6. The Bertz CT molecular complexity index is 614. The minimum Gasteiger partial charge on any atom is -0.399 e. The number of halogens is 2. The van der Waals surface area contributed by atoms with Crippen LogP contribution in [0.15, 0.2) is 42.5 Å². The highest BCUT2D eigenvalue weighted by atomic mass is 127. The number of carbonyl (C=O) groups excluding carboxylic acids is 1. The summed E-state index contributed by atoms with van der Waals surface area (Å²) in [5.74, 6) is -0.402. The van der Waals surface area contributed by atoms with Crippen molar-refractivity contribution in [1.82, 2.24) is 0 Å². The minimum absolute atomic E-state index is 0.0913. The molecule has 2 aromatic rings. The molecule has 0 radical (unpaired) electrons. The van der Waals surface area contributed by atoms with E-state index in [1.54, 1.807) is 6.07 Å². The summed E-state index contributed by atoms with van der Waals surface area (Å²) >= 11 is 1.99. The topological polar surface area (TPSA) is 55.1 Å². The highest BCUT2D eigenvalue weighted by Crippen LogP contribution is 2.19. The van der Waals surface area contributed by atoms with E-state index in [4.69, 9.17) is 5.73 Å². The molecule has 0 aliphatic carbocycles. The second-order valence-electron chi connectivity index (χ2n) is 4.41. The van der Waals surface area contributed by atoms with Gasteiger partial charge in [-0.3, -0.25) is 4.79 Å². The number of nitrogens with one attached hydrogen (secondary N) is 1. The van der Waals surface area contributed by atoms with E-state index in [1.807, 2.05) is 46.9 Å². The van der Waals surface area contributed by atoms with Crippen LogP contribution in [-0.2, 0) is 11.2 Å². The molecular formula is C15H14FIN2O. The number of aryl methyl sites for hydroxylation is 1. The Balaban J connectivity index is 1.90. The molecule has 0 atom stereocenters. The maximum atomic E-state index is 13.0. The van der Waals surface area contributed by atoms with Crippen LogP contribution in [0.2, 0.25) is 0 Å². The number of benzene rings is 2. The van der Waals surface area contributed by atoms with Gasteiger partial charge >= 0.3 is 0 Å². The third kappa shape index (κ3) is 4.19. The maximum Gasteiger partial charge on any atom is 0.224 e. The Morgan fingerprint density at radius 2 is 1.90 bits per heavy atom. The Morgan fingerprint density at radius 1 is 1.20 bits per heavy atom. The minimum atomic E-state index is -0.311. The molecule has 0 aliphatic rings. The van der Waals surface area contributed by atoms with Gasteiger partial charge in [0.2, 0.25) is 5.91 Å². The molecule has 0 aliphatic heterocycles. The van der Waals surface area contributed by atoms with Crippen LogP contribution in [0.1, 0.15) is 12.0 Å². The largest absolute Gasteiger partial charge is 0.399 e. The zero-order valence-electron chi connectivity index (χ0n) is 10.7. The number of nitrogens with two attached hydrogens (primary N) is 1. The predicted octanol–water partition coefficient (Wildman–Crippen LogP) is 3.58.